The van der Waals surface area contributed by atoms with Crippen molar-refractivity contribution in [3.05, 3.63) is 131 Å². The van der Waals surface area contributed by atoms with Crippen LogP contribution in [0, 0.1) is 11.6 Å². The number of anilines is 2. The predicted octanol–water partition coefficient (Wildman–Crippen LogP) is 7.60. The zero-order valence-electron chi connectivity index (χ0n) is 23.6. The number of carbonyl (C=O) groups excluding carboxylic acids is 1. The highest BCUT2D eigenvalue weighted by atomic mass is 19.1. The first kappa shape index (κ1) is 28.7. The molecule has 4 aromatic rings. The van der Waals surface area contributed by atoms with Gasteiger partial charge in [-0.05, 0) is 90.8 Å². The predicted molar refractivity (Wildman–Crippen MR) is 159 cm³/mol. The second-order valence-corrected chi connectivity index (χ2v) is 9.80. The zero-order chi connectivity index (χ0) is 29.6. The number of carbonyl (C=O) groups is 1. The second-order valence-electron chi connectivity index (χ2n) is 9.80. The summed E-state index contributed by atoms with van der Waals surface area (Å²) in [7, 11) is 3.17. The third-order valence-electron chi connectivity index (χ3n) is 7.26. The Kier molecular flexibility index (Phi) is 8.71. The first-order valence-corrected chi connectivity index (χ1v) is 13.7. The average Bonchev–Trinajstić information content (AvgIpc) is 3.01. The van der Waals surface area contributed by atoms with Crippen molar-refractivity contribution in [1.82, 2.24) is 0 Å². The van der Waals surface area contributed by atoms with Crippen LogP contribution in [-0.4, -0.2) is 26.8 Å². The number of halogens is 2. The van der Waals surface area contributed by atoms with Crippen LogP contribution >= 0.6 is 0 Å². The molecular formula is C34H32F2N2O4. The van der Waals surface area contributed by atoms with Crippen LogP contribution in [0.5, 0.6) is 11.5 Å². The lowest BCUT2D eigenvalue weighted by Gasteiger charge is -2.46. The fraction of sp³-hybridized carbons (Fsp3) is 0.206. The molecule has 0 saturated carbocycles. The first-order valence-electron chi connectivity index (χ1n) is 13.7. The summed E-state index contributed by atoms with van der Waals surface area (Å²) < 4.78 is 45.7. The number of benzene rings is 4. The molecule has 1 heterocycles. The van der Waals surface area contributed by atoms with Crippen LogP contribution in [0.3, 0.4) is 0 Å². The largest absolute Gasteiger partial charge is 0.497 e. The van der Waals surface area contributed by atoms with Gasteiger partial charge in [-0.15, -0.1) is 0 Å². The summed E-state index contributed by atoms with van der Waals surface area (Å²) in [5.41, 5.74) is 3.63. The van der Waals surface area contributed by atoms with E-state index in [9.17, 15) is 13.6 Å². The standard InChI is InChI=1S/C34H32F2N2O4/c1-4-42-34(39)32-30(37-26-11-15-28(40-2)16-12-26)21-31(22-7-5-9-24(35)19-22)38(27-13-17-29(41-3)18-14-27)33(32)23-8-6-10-25(36)20-23/h5-20,31,33,37H,4,21H2,1-3H3. The Morgan fingerprint density at radius 2 is 1.40 bits per heavy atom. The highest BCUT2D eigenvalue weighted by molar-refractivity contribution is 5.93. The molecule has 1 aliphatic heterocycles. The highest BCUT2D eigenvalue weighted by Crippen LogP contribution is 2.48. The molecule has 2 unspecified atom stereocenters. The molecule has 5 rings (SSSR count). The molecule has 2 atom stereocenters. The number of nitrogens with zero attached hydrogens (tertiary/aromatic N) is 1. The fourth-order valence-electron chi connectivity index (χ4n) is 5.38. The van der Waals surface area contributed by atoms with E-state index in [0.29, 0.717) is 40.3 Å². The van der Waals surface area contributed by atoms with Crippen LogP contribution in [0.25, 0.3) is 0 Å². The summed E-state index contributed by atoms with van der Waals surface area (Å²) >= 11 is 0. The Bertz CT molecular complexity index is 1570. The average molecular weight is 571 g/mol. The summed E-state index contributed by atoms with van der Waals surface area (Å²) in [6.45, 7) is 1.90. The topological polar surface area (TPSA) is 60.0 Å². The maximum atomic E-state index is 14.8. The molecule has 0 bridgehead atoms. The van der Waals surface area contributed by atoms with E-state index in [2.05, 4.69) is 5.32 Å². The molecule has 42 heavy (non-hydrogen) atoms. The van der Waals surface area contributed by atoms with Crippen molar-refractivity contribution in [2.45, 2.75) is 25.4 Å². The number of esters is 1. The van der Waals surface area contributed by atoms with Crippen molar-refractivity contribution < 1.29 is 27.8 Å². The van der Waals surface area contributed by atoms with Gasteiger partial charge in [0, 0.05) is 23.5 Å². The summed E-state index contributed by atoms with van der Waals surface area (Å²) in [6, 6.07) is 26.1. The number of hydrogen-bond acceptors (Lipinski definition) is 6. The van der Waals surface area contributed by atoms with Crippen LogP contribution in [0.4, 0.5) is 20.2 Å². The molecule has 0 radical (unpaired) electrons. The molecule has 0 spiro atoms. The molecule has 8 heteroatoms. The quantitative estimate of drug-likeness (QED) is 0.209. The maximum absolute atomic E-state index is 14.8. The lowest BCUT2D eigenvalue weighted by Crippen LogP contribution is -2.41. The molecule has 0 aliphatic carbocycles. The van der Waals surface area contributed by atoms with Gasteiger partial charge in [0.25, 0.3) is 0 Å². The van der Waals surface area contributed by atoms with Crippen LogP contribution in [0.1, 0.15) is 36.6 Å². The second kappa shape index (κ2) is 12.8. The lowest BCUT2D eigenvalue weighted by molar-refractivity contribution is -0.139. The van der Waals surface area contributed by atoms with E-state index < -0.39 is 23.9 Å². The number of nitrogens with one attached hydrogen (secondary N) is 1. The van der Waals surface area contributed by atoms with E-state index in [4.69, 9.17) is 14.2 Å². The summed E-state index contributed by atoms with van der Waals surface area (Å²) in [5.74, 6) is -0.00985. The van der Waals surface area contributed by atoms with Crippen molar-refractivity contribution in [3.8, 4) is 11.5 Å². The van der Waals surface area contributed by atoms with E-state index in [1.54, 1.807) is 39.3 Å². The number of rotatable bonds is 9. The van der Waals surface area contributed by atoms with Crippen molar-refractivity contribution in [1.29, 1.82) is 0 Å². The molecule has 216 valence electrons. The Balaban J connectivity index is 1.77. The molecule has 1 aliphatic rings. The first-order chi connectivity index (χ1) is 20.4. The van der Waals surface area contributed by atoms with Gasteiger partial charge in [0.05, 0.1) is 38.5 Å². The van der Waals surface area contributed by atoms with Gasteiger partial charge in [-0.2, -0.15) is 0 Å². The molecule has 6 nitrogen and oxygen atoms in total. The molecule has 1 N–H and O–H groups in total. The Morgan fingerprint density at radius 3 is 1.98 bits per heavy atom. The van der Waals surface area contributed by atoms with Gasteiger partial charge in [-0.3, -0.25) is 0 Å². The monoisotopic (exact) mass is 570 g/mol. The summed E-state index contributed by atoms with van der Waals surface area (Å²) in [4.78, 5) is 15.8. The molecular weight excluding hydrogens is 538 g/mol. The molecule has 0 amide bonds. The van der Waals surface area contributed by atoms with Gasteiger partial charge in [0.2, 0.25) is 0 Å². The summed E-state index contributed by atoms with van der Waals surface area (Å²) in [5, 5.41) is 3.43. The van der Waals surface area contributed by atoms with Gasteiger partial charge in [-0.1, -0.05) is 24.3 Å². The van der Waals surface area contributed by atoms with Crippen molar-refractivity contribution in [2.75, 3.05) is 31.0 Å². The summed E-state index contributed by atoms with van der Waals surface area (Å²) in [6.07, 6.45) is 0.307. The Labute approximate surface area is 244 Å². The molecule has 0 saturated heterocycles. The van der Waals surface area contributed by atoms with E-state index in [0.717, 1.165) is 11.4 Å². The zero-order valence-corrected chi connectivity index (χ0v) is 23.6. The smallest absolute Gasteiger partial charge is 0.338 e. The molecule has 0 fully saturated rings. The fourth-order valence-corrected chi connectivity index (χ4v) is 5.38. The van der Waals surface area contributed by atoms with Crippen molar-refractivity contribution in [3.63, 3.8) is 0 Å². The number of ether oxygens (including phenoxy) is 3. The van der Waals surface area contributed by atoms with Crippen LogP contribution in [0.2, 0.25) is 0 Å². The maximum Gasteiger partial charge on any atom is 0.338 e. The van der Waals surface area contributed by atoms with Gasteiger partial charge in [0.15, 0.2) is 0 Å². The SMILES string of the molecule is CCOC(=O)C1=C(Nc2ccc(OC)cc2)CC(c2cccc(F)c2)N(c2ccc(OC)cc2)C1c1cccc(F)c1. The third kappa shape index (κ3) is 6.07. The van der Waals surface area contributed by atoms with Gasteiger partial charge in [0.1, 0.15) is 23.1 Å². The van der Waals surface area contributed by atoms with E-state index >= 15 is 0 Å². The van der Waals surface area contributed by atoms with Crippen molar-refractivity contribution in [2.24, 2.45) is 0 Å². The van der Waals surface area contributed by atoms with Gasteiger partial charge >= 0.3 is 5.97 Å². The Hall–Kier alpha value is -4.85. The van der Waals surface area contributed by atoms with Crippen LogP contribution < -0.4 is 19.7 Å². The highest BCUT2D eigenvalue weighted by Gasteiger charge is 2.42. The van der Waals surface area contributed by atoms with Crippen molar-refractivity contribution >= 4 is 17.3 Å². The Morgan fingerprint density at radius 1 is 0.833 bits per heavy atom. The minimum Gasteiger partial charge on any atom is -0.497 e. The van der Waals surface area contributed by atoms with Crippen LogP contribution in [0.15, 0.2) is 108 Å². The molecule has 0 aromatic heterocycles. The number of methoxy groups -OCH3 is 2. The number of hydrogen-bond donors (Lipinski definition) is 1. The molecule has 4 aromatic carbocycles. The van der Waals surface area contributed by atoms with Gasteiger partial charge in [-0.25, -0.2) is 13.6 Å². The lowest BCUT2D eigenvalue weighted by atomic mass is 9.84. The minimum absolute atomic E-state index is 0.157. The van der Waals surface area contributed by atoms with Crippen LogP contribution in [-0.2, 0) is 9.53 Å². The third-order valence-corrected chi connectivity index (χ3v) is 7.26. The normalized spacial score (nSPS) is 16.6. The van der Waals surface area contributed by atoms with E-state index in [1.165, 1.54) is 24.3 Å². The van der Waals surface area contributed by atoms with Gasteiger partial charge < -0.3 is 24.4 Å². The van der Waals surface area contributed by atoms with E-state index in [1.807, 2.05) is 59.5 Å². The minimum atomic E-state index is -0.782. The van der Waals surface area contributed by atoms with E-state index in [-0.39, 0.29) is 12.4 Å².